The predicted octanol–water partition coefficient (Wildman–Crippen LogP) is 0.761. The fourth-order valence-electron chi connectivity index (χ4n) is 1.18. The molecule has 0 saturated carbocycles. The second-order valence-corrected chi connectivity index (χ2v) is 2.76. The lowest BCUT2D eigenvalue weighted by Gasteiger charge is -2.29. The first kappa shape index (κ1) is 6.50. The third-order valence-electron chi connectivity index (χ3n) is 1.87. The van der Waals surface area contributed by atoms with E-state index in [9.17, 15) is 0 Å². The van der Waals surface area contributed by atoms with Crippen molar-refractivity contribution in [1.29, 1.82) is 0 Å². The zero-order chi connectivity index (χ0) is 7.52. The van der Waals surface area contributed by atoms with Crippen molar-refractivity contribution in [1.82, 2.24) is 0 Å². The Labute approximate surface area is 67.0 Å². The van der Waals surface area contributed by atoms with Crippen LogP contribution in [0.4, 0.5) is 0 Å². The molecule has 2 rings (SSSR count). The number of benzene rings is 1. The summed E-state index contributed by atoms with van der Waals surface area (Å²) in [6.07, 6.45) is 4.24. The van der Waals surface area contributed by atoms with Crippen molar-refractivity contribution in [2.24, 2.45) is 0 Å². The third-order valence-corrected chi connectivity index (χ3v) is 1.87. The van der Waals surface area contributed by atoms with Crippen molar-refractivity contribution < 1.29 is 4.90 Å². The van der Waals surface area contributed by atoms with Gasteiger partial charge in [-0.3, -0.25) is 0 Å². The lowest BCUT2D eigenvalue weighted by atomic mass is 10.2. The molecule has 1 N–H and O–H groups in total. The highest BCUT2D eigenvalue weighted by Gasteiger charge is 2.01. The summed E-state index contributed by atoms with van der Waals surface area (Å²) in [5.74, 6) is 0. The zero-order valence-electron chi connectivity index (χ0n) is 6.33. The van der Waals surface area contributed by atoms with Crippen molar-refractivity contribution in [2.75, 3.05) is 0 Å². The number of hydrogen-bond donors (Lipinski definition) is 1. The van der Waals surface area contributed by atoms with Crippen molar-refractivity contribution in [3.8, 4) is 0 Å². The van der Waals surface area contributed by atoms with Gasteiger partial charge < -0.3 is 4.90 Å². The van der Waals surface area contributed by atoms with Crippen LogP contribution in [0.25, 0.3) is 0 Å². The van der Waals surface area contributed by atoms with Gasteiger partial charge in [0.15, 0.2) is 0 Å². The molecule has 0 spiro atoms. The van der Waals surface area contributed by atoms with Crippen LogP contribution in [0.15, 0.2) is 42.6 Å². The van der Waals surface area contributed by atoms with Crippen molar-refractivity contribution in [3.63, 3.8) is 0 Å². The molecule has 0 fully saturated rings. The van der Waals surface area contributed by atoms with Crippen LogP contribution in [0.1, 0.15) is 5.56 Å². The van der Waals surface area contributed by atoms with E-state index < -0.39 is 0 Å². The van der Waals surface area contributed by atoms with Gasteiger partial charge in [-0.2, -0.15) is 0 Å². The standard InChI is InChI=1S/C10H11N/c1-2-5-10(6-3-1)9-11-7-4-8-11/h1-8,11H,9H2. The number of quaternary nitrogens is 1. The molecule has 0 radical (unpaired) electrons. The number of nitrogens with one attached hydrogen (secondary N) is 1. The van der Waals surface area contributed by atoms with Gasteiger partial charge in [0.05, 0.1) is 6.54 Å². The Kier molecular flexibility index (Phi) is 1.66. The van der Waals surface area contributed by atoms with Gasteiger partial charge in [0.25, 0.3) is 0 Å². The van der Waals surface area contributed by atoms with Crippen molar-refractivity contribution >= 4 is 0 Å². The Morgan fingerprint density at radius 1 is 1.18 bits per heavy atom. The fourth-order valence-corrected chi connectivity index (χ4v) is 1.18. The van der Waals surface area contributed by atoms with Crippen molar-refractivity contribution in [2.45, 2.75) is 6.54 Å². The van der Waals surface area contributed by atoms with Gasteiger partial charge in [0.1, 0.15) is 0 Å². The summed E-state index contributed by atoms with van der Waals surface area (Å²) in [5, 5.41) is 0. The van der Waals surface area contributed by atoms with Gasteiger partial charge in [-0.1, -0.05) is 43.1 Å². The maximum Gasteiger partial charge on any atom is 0.0845 e. The van der Waals surface area contributed by atoms with Gasteiger partial charge >= 0.3 is 0 Å². The van der Waals surface area contributed by atoms with E-state index in [2.05, 4.69) is 49.2 Å². The molecule has 0 saturated heterocycles. The minimum absolute atomic E-state index is 1.08. The molecule has 0 aliphatic carbocycles. The lowest BCUT2D eigenvalue weighted by Crippen LogP contribution is -3.06. The van der Waals surface area contributed by atoms with Gasteiger partial charge in [-0.15, -0.1) is 6.08 Å². The van der Waals surface area contributed by atoms with E-state index in [-0.39, 0.29) is 0 Å². The van der Waals surface area contributed by atoms with Gasteiger partial charge in [0, 0.05) is 5.56 Å². The summed E-state index contributed by atoms with van der Waals surface area (Å²) in [4.78, 5) is 1.43. The summed E-state index contributed by atoms with van der Waals surface area (Å²) in [5.41, 5.74) is 1.39. The molecule has 0 aromatic heterocycles. The summed E-state index contributed by atoms with van der Waals surface area (Å²) in [7, 11) is 0. The van der Waals surface area contributed by atoms with E-state index >= 15 is 0 Å². The monoisotopic (exact) mass is 145 g/mol. The number of hydrogen-bond acceptors (Lipinski definition) is 0. The van der Waals surface area contributed by atoms with E-state index in [0.29, 0.717) is 0 Å². The molecule has 11 heavy (non-hydrogen) atoms. The Morgan fingerprint density at radius 3 is 2.45 bits per heavy atom. The Bertz CT molecular complexity index is 251. The SMILES string of the molecule is C1=C[NH+](Cc2ccccc2)[CH-]1. The molecule has 0 bridgehead atoms. The lowest BCUT2D eigenvalue weighted by molar-refractivity contribution is -0.840. The largest absolute Gasteiger partial charge is 0.421 e. The van der Waals surface area contributed by atoms with Gasteiger partial charge in [-0.05, 0) is 0 Å². The zero-order valence-corrected chi connectivity index (χ0v) is 6.33. The molecule has 56 valence electrons. The van der Waals surface area contributed by atoms with Crippen LogP contribution in [0.3, 0.4) is 0 Å². The normalized spacial score (nSPS) is 20.5. The second kappa shape index (κ2) is 2.81. The Hall–Kier alpha value is -1.21. The first-order valence-electron chi connectivity index (χ1n) is 3.86. The molecule has 1 aromatic carbocycles. The molecule has 1 aliphatic heterocycles. The van der Waals surface area contributed by atoms with Crippen LogP contribution < -0.4 is 4.90 Å². The third kappa shape index (κ3) is 1.44. The number of rotatable bonds is 2. The highest BCUT2D eigenvalue weighted by Crippen LogP contribution is 1.96. The summed E-state index contributed by atoms with van der Waals surface area (Å²) in [6, 6.07) is 10.5. The van der Waals surface area contributed by atoms with Crippen LogP contribution in [-0.2, 0) is 6.54 Å². The average molecular weight is 145 g/mol. The smallest absolute Gasteiger partial charge is 0.0845 e. The quantitative estimate of drug-likeness (QED) is 0.586. The maximum atomic E-state index is 2.16. The molecule has 0 amide bonds. The summed E-state index contributed by atoms with van der Waals surface area (Å²) in [6.45, 7) is 3.24. The molecule has 1 nitrogen and oxygen atoms in total. The summed E-state index contributed by atoms with van der Waals surface area (Å²) >= 11 is 0. The molecule has 1 aliphatic rings. The topological polar surface area (TPSA) is 4.44 Å². The molecule has 1 atom stereocenters. The highest BCUT2D eigenvalue weighted by molar-refractivity contribution is 5.13. The molecular formula is C10H11N. The molecule has 1 heteroatoms. The second-order valence-electron chi connectivity index (χ2n) is 2.76. The average Bonchev–Trinajstić information content (AvgIpc) is 1.99. The van der Waals surface area contributed by atoms with E-state index in [1.54, 1.807) is 0 Å². The first-order valence-corrected chi connectivity index (χ1v) is 3.86. The highest BCUT2D eigenvalue weighted by atomic mass is 15.1. The van der Waals surface area contributed by atoms with Gasteiger partial charge in [-0.25, -0.2) is 0 Å². The van der Waals surface area contributed by atoms with E-state index in [0.717, 1.165) is 6.54 Å². The minimum Gasteiger partial charge on any atom is -0.421 e. The first-order chi connectivity index (χ1) is 5.45. The van der Waals surface area contributed by atoms with Gasteiger partial charge in [0.2, 0.25) is 0 Å². The van der Waals surface area contributed by atoms with E-state index in [1.165, 1.54) is 10.5 Å². The fraction of sp³-hybridized carbons (Fsp3) is 0.100. The van der Waals surface area contributed by atoms with Crippen LogP contribution in [0.2, 0.25) is 0 Å². The molecule has 1 aromatic rings. The van der Waals surface area contributed by atoms with Crippen LogP contribution in [0.5, 0.6) is 0 Å². The van der Waals surface area contributed by atoms with E-state index in [4.69, 9.17) is 0 Å². The Morgan fingerprint density at radius 2 is 1.91 bits per heavy atom. The predicted molar refractivity (Wildman–Crippen MR) is 44.5 cm³/mol. The summed E-state index contributed by atoms with van der Waals surface area (Å²) < 4.78 is 0. The molecule has 1 heterocycles. The van der Waals surface area contributed by atoms with Crippen LogP contribution in [0, 0.1) is 6.54 Å². The van der Waals surface area contributed by atoms with Crippen molar-refractivity contribution in [3.05, 3.63) is 54.7 Å². The van der Waals surface area contributed by atoms with Crippen LogP contribution in [-0.4, -0.2) is 0 Å². The maximum absolute atomic E-state index is 2.16. The van der Waals surface area contributed by atoms with E-state index in [1.807, 2.05) is 0 Å². The minimum atomic E-state index is 1.08. The van der Waals surface area contributed by atoms with Crippen LogP contribution >= 0.6 is 0 Å². The Balaban J connectivity index is 2.01. The molecule has 1 unspecified atom stereocenters. The molecular weight excluding hydrogens is 134 g/mol.